The van der Waals surface area contributed by atoms with Crippen LogP contribution in [0.4, 0.5) is 0 Å². The van der Waals surface area contributed by atoms with E-state index in [9.17, 15) is 0 Å². The maximum atomic E-state index is 2.40. The Bertz CT molecular complexity index is 3350. The molecule has 0 aliphatic rings. The Morgan fingerprint density at radius 2 is 0.510 bits per heavy atom. The smallest absolute Gasteiger partial charge is 0.0129 e. The number of rotatable bonds is 12. The maximum absolute atomic E-state index is 2.40. The Morgan fingerprint density at radius 1 is 0.198 bits per heavy atom. The van der Waals surface area contributed by atoms with Crippen LogP contribution in [0.1, 0.15) is 375 Å². The van der Waals surface area contributed by atoms with Crippen LogP contribution in [0.3, 0.4) is 0 Å². The van der Waals surface area contributed by atoms with Gasteiger partial charge in [-0.1, -0.05) is 367 Å². The molecule has 96 heavy (non-hydrogen) atoms. The summed E-state index contributed by atoms with van der Waals surface area (Å²) >= 11 is 0. The largest absolute Gasteiger partial charge is 0.0620 e. The highest BCUT2D eigenvalue weighted by Gasteiger charge is 2.16. The maximum Gasteiger partial charge on any atom is -0.0129 e. The predicted molar refractivity (Wildman–Crippen MR) is 437 cm³/mol. The van der Waals surface area contributed by atoms with Crippen molar-refractivity contribution >= 4 is 0 Å². The molecule has 0 spiro atoms. The van der Waals surface area contributed by atoms with Crippen molar-refractivity contribution in [3.05, 3.63) is 281 Å². The lowest BCUT2D eigenvalue weighted by Gasteiger charge is -2.21. The molecular weight excluding hydrogens is 1150 g/mol. The minimum absolute atomic E-state index is 0.283. The van der Waals surface area contributed by atoms with E-state index in [1.807, 2.05) is 0 Å². The molecule has 0 fully saturated rings. The van der Waals surface area contributed by atoms with Crippen molar-refractivity contribution in [2.45, 2.75) is 319 Å². The first-order valence-electron chi connectivity index (χ1n) is 37.2. The van der Waals surface area contributed by atoms with Gasteiger partial charge in [-0.3, -0.25) is 0 Å². The van der Waals surface area contributed by atoms with Crippen LogP contribution in [-0.4, -0.2) is 0 Å². The van der Waals surface area contributed by atoms with Crippen LogP contribution in [0.5, 0.6) is 0 Å². The summed E-state index contributed by atoms with van der Waals surface area (Å²) in [5.74, 6) is 7.65. The van der Waals surface area contributed by atoms with Gasteiger partial charge in [0, 0.05) is 0 Å². The molecule has 0 aromatic heterocycles. The molecule has 8 aromatic rings. The molecule has 0 unspecified atom stereocenters. The van der Waals surface area contributed by atoms with Gasteiger partial charge in [0.1, 0.15) is 0 Å². The van der Waals surface area contributed by atoms with E-state index in [1.165, 1.54) is 117 Å². The van der Waals surface area contributed by atoms with Crippen molar-refractivity contribution in [3.63, 3.8) is 0 Å². The monoisotopic (exact) mass is 1300 g/mol. The van der Waals surface area contributed by atoms with Gasteiger partial charge in [-0.05, 0) is 232 Å². The first-order valence-corrected chi connectivity index (χ1v) is 37.2. The minimum Gasteiger partial charge on any atom is -0.0620 e. The van der Waals surface area contributed by atoms with Crippen molar-refractivity contribution in [1.82, 2.24) is 0 Å². The van der Waals surface area contributed by atoms with E-state index < -0.39 is 0 Å². The molecule has 0 atom stereocenters. The van der Waals surface area contributed by atoms with E-state index in [4.69, 9.17) is 0 Å². The van der Waals surface area contributed by atoms with Gasteiger partial charge in [-0.25, -0.2) is 0 Å². The zero-order valence-corrected chi connectivity index (χ0v) is 68.5. The Balaban J connectivity index is 0.000000551. The van der Waals surface area contributed by atoms with Crippen molar-refractivity contribution in [1.29, 1.82) is 0 Å². The normalized spacial score (nSPS) is 11.2. The van der Waals surface area contributed by atoms with Crippen LogP contribution in [0, 0.1) is 55.4 Å². The Labute approximate surface area is 595 Å². The highest BCUT2D eigenvalue weighted by atomic mass is 14.2. The summed E-state index contributed by atoms with van der Waals surface area (Å²) in [6.07, 6.45) is 0. The topological polar surface area (TPSA) is 0 Å². The molecule has 0 aliphatic heterocycles. The fourth-order valence-electron chi connectivity index (χ4n) is 12.0. The lowest BCUT2D eigenvalue weighted by molar-refractivity contribution is 0.586. The quantitative estimate of drug-likeness (QED) is 0.114. The van der Waals surface area contributed by atoms with E-state index in [1.54, 1.807) is 0 Å². The second-order valence-electron chi connectivity index (χ2n) is 32.3. The molecular formula is C96H144. The number of aryl methyl sites for hydroxylation is 6. The molecule has 0 aliphatic carbocycles. The highest BCUT2D eigenvalue weighted by molar-refractivity contribution is 5.43. The molecule has 0 nitrogen and oxygen atoms in total. The molecule has 8 rings (SSSR count). The number of hydrogen-bond donors (Lipinski definition) is 0. The number of benzene rings is 8. The first kappa shape index (κ1) is 87.8. The van der Waals surface area contributed by atoms with Gasteiger partial charge < -0.3 is 0 Å². The first-order chi connectivity index (χ1) is 44.5. The minimum atomic E-state index is 0.283. The molecule has 0 amide bonds. The molecule has 0 saturated heterocycles. The third kappa shape index (κ3) is 31.5. The molecule has 0 radical (unpaired) electrons. The average Bonchev–Trinajstić information content (AvgIpc) is 0.832. The van der Waals surface area contributed by atoms with Gasteiger partial charge >= 0.3 is 0 Å². The fraction of sp³-hybridized carbons (Fsp3) is 0.500. The third-order valence-electron chi connectivity index (χ3n) is 18.3. The van der Waals surface area contributed by atoms with Gasteiger partial charge in [-0.15, -0.1) is 0 Å². The van der Waals surface area contributed by atoms with Crippen molar-refractivity contribution in [2.75, 3.05) is 0 Å². The summed E-state index contributed by atoms with van der Waals surface area (Å²) in [6.45, 7) is 78.2. The Hall–Kier alpha value is -6.24. The molecule has 0 bridgehead atoms. The van der Waals surface area contributed by atoms with Crippen LogP contribution in [0.25, 0.3) is 0 Å². The van der Waals surface area contributed by atoms with Gasteiger partial charge in [0.2, 0.25) is 0 Å². The standard InChI is InChI=1S/C16H26.3C13H20.C11H16.3C10H14/c1-10(2)14-8-15(11(3)4)13(7)16(9-14)12(5)6;1-9(2)12-6-11(5)7-13(8-12)10(3)4;1-9(2)12-7-6-11(5)13(8-12)10(3)4;1-9(2)12-7-6-8-13(10(3)4)11(12)5;1-9-7-5-6-8-10(9)11(2,3)4;1-8(2)10-6-4-9(3)5-7-10;1-8(2)10-6-4-5-9(3)7-10;1-8(2)10-7-5-4-6-9(10)3/h8-12H,1-7H3;3*6-10H,1-5H3;5-8H,1-4H3;3*4-8H,1-3H3. The molecule has 0 saturated carbocycles. The zero-order valence-electron chi connectivity index (χ0n) is 68.5. The molecule has 528 valence electrons. The van der Waals surface area contributed by atoms with Crippen LogP contribution in [0.15, 0.2) is 164 Å². The molecule has 0 heterocycles. The summed E-state index contributed by atoms with van der Waals surface area (Å²) in [7, 11) is 0. The Morgan fingerprint density at radius 3 is 0.854 bits per heavy atom. The van der Waals surface area contributed by atoms with Gasteiger partial charge in [0.15, 0.2) is 0 Å². The van der Waals surface area contributed by atoms with Crippen molar-refractivity contribution in [2.24, 2.45) is 0 Å². The average molecular weight is 1300 g/mol. The third-order valence-corrected chi connectivity index (χ3v) is 18.3. The molecule has 0 heteroatoms. The van der Waals surface area contributed by atoms with E-state index >= 15 is 0 Å². The predicted octanol–water partition coefficient (Wildman–Crippen LogP) is 30.7. The van der Waals surface area contributed by atoms with Gasteiger partial charge in [0.05, 0.1) is 0 Å². The second kappa shape index (κ2) is 43.2. The summed E-state index contributed by atoms with van der Waals surface area (Å²) < 4.78 is 0. The lowest BCUT2D eigenvalue weighted by atomic mass is 9.84. The zero-order chi connectivity index (χ0) is 73.6. The molecule has 0 N–H and O–H groups in total. The van der Waals surface area contributed by atoms with E-state index in [0.717, 1.165) is 0 Å². The summed E-state index contributed by atoms with van der Waals surface area (Å²) in [5.41, 5.74) is 30.7. The second-order valence-corrected chi connectivity index (χ2v) is 32.3. The highest BCUT2D eigenvalue weighted by Crippen LogP contribution is 2.33. The Kier molecular flexibility index (Phi) is 39.5. The van der Waals surface area contributed by atoms with Gasteiger partial charge in [-0.2, -0.15) is 0 Å². The summed E-state index contributed by atoms with van der Waals surface area (Å²) in [5, 5.41) is 0. The van der Waals surface area contributed by atoms with E-state index in [-0.39, 0.29) is 5.41 Å². The lowest BCUT2D eigenvalue weighted by Crippen LogP contribution is -2.12. The SMILES string of the molecule is Cc1c(C(C)C)cc(C(C)C)cc1C(C)C.Cc1c(C(C)C)cccc1C(C)C.Cc1cc(C(C)C)cc(C(C)C)c1.Cc1ccc(C(C)C)cc1.Cc1ccc(C(C)C)cc1C(C)C.Cc1cccc(C(C)C)c1.Cc1ccccc1C(C)(C)C.Cc1ccccc1C(C)C. The van der Waals surface area contributed by atoms with Crippen LogP contribution in [-0.2, 0) is 5.41 Å². The van der Waals surface area contributed by atoms with E-state index in [0.29, 0.717) is 71.0 Å². The summed E-state index contributed by atoms with van der Waals surface area (Å²) in [4.78, 5) is 0. The van der Waals surface area contributed by atoms with Crippen molar-refractivity contribution in [3.8, 4) is 0 Å². The van der Waals surface area contributed by atoms with Gasteiger partial charge in [0.25, 0.3) is 0 Å². The van der Waals surface area contributed by atoms with Crippen LogP contribution < -0.4 is 0 Å². The number of hydrogen-bond acceptors (Lipinski definition) is 0. The summed E-state index contributed by atoms with van der Waals surface area (Å²) in [6, 6.07) is 59.7. The van der Waals surface area contributed by atoms with E-state index in [2.05, 4.69) is 406 Å². The van der Waals surface area contributed by atoms with Crippen molar-refractivity contribution < 1.29 is 0 Å². The molecule has 8 aromatic carbocycles. The fourth-order valence-corrected chi connectivity index (χ4v) is 12.0. The van der Waals surface area contributed by atoms with Crippen LogP contribution >= 0.6 is 0 Å². The van der Waals surface area contributed by atoms with Crippen LogP contribution in [0.2, 0.25) is 0 Å².